The van der Waals surface area contributed by atoms with Crippen LogP contribution in [-0.2, 0) is 4.74 Å². The number of carboxylic acid groups (broad SMARTS) is 1. The molecular formula is C15H17ClO4. The zero-order valence-electron chi connectivity index (χ0n) is 11.1. The highest BCUT2D eigenvalue weighted by Crippen LogP contribution is 2.43. The molecule has 0 amide bonds. The van der Waals surface area contributed by atoms with E-state index >= 15 is 0 Å². The minimum atomic E-state index is -0.998. The molecule has 20 heavy (non-hydrogen) atoms. The monoisotopic (exact) mass is 296 g/mol. The Morgan fingerprint density at radius 1 is 1.45 bits per heavy atom. The maximum Gasteiger partial charge on any atom is 0.339 e. The Bertz CT molecular complexity index is 525. The van der Waals surface area contributed by atoms with Crippen molar-refractivity contribution >= 4 is 17.6 Å². The molecule has 1 aliphatic carbocycles. The molecule has 1 atom stereocenters. The second kappa shape index (κ2) is 5.26. The first-order valence-corrected chi connectivity index (χ1v) is 7.29. The summed E-state index contributed by atoms with van der Waals surface area (Å²) in [5.41, 5.74) is 0.133. The SMILES string of the molecule is O=C(O)c1ccc(Cl)cc1OC1CCOC2(CCC2)C1. The summed E-state index contributed by atoms with van der Waals surface area (Å²) < 4.78 is 11.8. The second-order valence-electron chi connectivity index (χ2n) is 5.56. The first kappa shape index (κ1) is 13.7. The molecule has 1 saturated heterocycles. The Morgan fingerprint density at radius 3 is 2.90 bits per heavy atom. The lowest BCUT2D eigenvalue weighted by Gasteiger charge is -2.46. The summed E-state index contributed by atoms with van der Waals surface area (Å²) in [7, 11) is 0. The number of hydrogen-bond donors (Lipinski definition) is 1. The molecule has 3 rings (SSSR count). The van der Waals surface area contributed by atoms with E-state index in [1.165, 1.54) is 12.5 Å². The van der Waals surface area contributed by atoms with Crippen molar-refractivity contribution in [2.24, 2.45) is 0 Å². The normalized spacial score (nSPS) is 24.1. The van der Waals surface area contributed by atoms with Crippen LogP contribution in [0.1, 0.15) is 42.5 Å². The molecule has 1 unspecified atom stereocenters. The Morgan fingerprint density at radius 2 is 2.25 bits per heavy atom. The molecule has 1 spiro atoms. The average molecular weight is 297 g/mol. The van der Waals surface area contributed by atoms with E-state index in [1.54, 1.807) is 12.1 Å². The van der Waals surface area contributed by atoms with Crippen LogP contribution in [-0.4, -0.2) is 29.4 Å². The van der Waals surface area contributed by atoms with E-state index in [0.29, 0.717) is 17.4 Å². The topological polar surface area (TPSA) is 55.8 Å². The van der Waals surface area contributed by atoms with Gasteiger partial charge in [0, 0.05) is 17.9 Å². The maximum atomic E-state index is 11.2. The van der Waals surface area contributed by atoms with Gasteiger partial charge in [-0.15, -0.1) is 0 Å². The van der Waals surface area contributed by atoms with Gasteiger partial charge in [-0.3, -0.25) is 0 Å². The van der Waals surface area contributed by atoms with E-state index in [2.05, 4.69) is 0 Å². The molecule has 1 saturated carbocycles. The quantitative estimate of drug-likeness (QED) is 0.927. The van der Waals surface area contributed by atoms with Crippen molar-refractivity contribution < 1.29 is 19.4 Å². The van der Waals surface area contributed by atoms with Crippen LogP contribution in [0, 0.1) is 0 Å². The molecule has 108 valence electrons. The number of halogens is 1. The summed E-state index contributed by atoms with van der Waals surface area (Å²) in [6.45, 7) is 0.674. The van der Waals surface area contributed by atoms with Crippen LogP contribution in [0.4, 0.5) is 0 Å². The minimum absolute atomic E-state index is 0.000571. The first-order valence-electron chi connectivity index (χ1n) is 6.91. The molecular weight excluding hydrogens is 280 g/mol. The van der Waals surface area contributed by atoms with Crippen LogP contribution in [0.15, 0.2) is 18.2 Å². The average Bonchev–Trinajstić information content (AvgIpc) is 2.37. The standard InChI is InChI=1S/C15H17ClO4/c16-10-2-3-12(14(17)18)13(8-10)20-11-4-7-19-15(9-11)5-1-6-15/h2-3,8,11H,1,4-7,9H2,(H,17,18). The molecule has 4 nitrogen and oxygen atoms in total. The molecule has 1 aromatic rings. The number of carboxylic acids is 1. The Labute approximate surface area is 122 Å². The van der Waals surface area contributed by atoms with E-state index in [-0.39, 0.29) is 17.3 Å². The van der Waals surface area contributed by atoms with Crippen LogP contribution >= 0.6 is 11.6 Å². The molecule has 0 radical (unpaired) electrons. The molecule has 5 heteroatoms. The number of hydrogen-bond acceptors (Lipinski definition) is 3. The van der Waals surface area contributed by atoms with Gasteiger partial charge in [-0.05, 0) is 37.5 Å². The van der Waals surface area contributed by atoms with Crippen molar-refractivity contribution in [1.82, 2.24) is 0 Å². The van der Waals surface area contributed by atoms with Gasteiger partial charge in [0.25, 0.3) is 0 Å². The molecule has 0 aromatic heterocycles. The molecule has 1 aromatic carbocycles. The van der Waals surface area contributed by atoms with Gasteiger partial charge in [-0.2, -0.15) is 0 Å². The van der Waals surface area contributed by atoms with Crippen LogP contribution < -0.4 is 4.74 Å². The summed E-state index contributed by atoms with van der Waals surface area (Å²) in [4.78, 5) is 11.2. The van der Waals surface area contributed by atoms with E-state index in [0.717, 1.165) is 25.7 Å². The van der Waals surface area contributed by atoms with Gasteiger partial charge in [0.15, 0.2) is 0 Å². The van der Waals surface area contributed by atoms with Crippen LogP contribution in [0.3, 0.4) is 0 Å². The van der Waals surface area contributed by atoms with Crippen molar-refractivity contribution in [3.8, 4) is 5.75 Å². The predicted octanol–water partition coefficient (Wildman–Crippen LogP) is 3.52. The van der Waals surface area contributed by atoms with Crippen LogP contribution in [0.2, 0.25) is 5.02 Å². The summed E-state index contributed by atoms with van der Waals surface area (Å²) >= 11 is 5.94. The lowest BCUT2D eigenvalue weighted by molar-refractivity contribution is -0.153. The smallest absolute Gasteiger partial charge is 0.339 e. The van der Waals surface area contributed by atoms with Crippen molar-refractivity contribution in [2.45, 2.75) is 43.8 Å². The van der Waals surface area contributed by atoms with Gasteiger partial charge < -0.3 is 14.6 Å². The van der Waals surface area contributed by atoms with E-state index < -0.39 is 5.97 Å². The zero-order chi connectivity index (χ0) is 14.2. The fourth-order valence-electron chi connectivity index (χ4n) is 2.95. The number of carbonyl (C=O) groups is 1. The van der Waals surface area contributed by atoms with Crippen molar-refractivity contribution in [2.75, 3.05) is 6.61 Å². The maximum absolute atomic E-state index is 11.2. The van der Waals surface area contributed by atoms with Gasteiger partial charge in [0.2, 0.25) is 0 Å². The lowest BCUT2D eigenvalue weighted by Crippen LogP contribution is -2.48. The molecule has 2 fully saturated rings. The Balaban J connectivity index is 1.76. The highest BCUT2D eigenvalue weighted by molar-refractivity contribution is 6.30. The molecule has 2 aliphatic rings. The lowest BCUT2D eigenvalue weighted by atomic mass is 9.74. The number of ether oxygens (including phenoxy) is 2. The Hall–Kier alpha value is -1.26. The fraction of sp³-hybridized carbons (Fsp3) is 0.533. The largest absolute Gasteiger partial charge is 0.489 e. The van der Waals surface area contributed by atoms with Gasteiger partial charge in [0.1, 0.15) is 17.4 Å². The summed E-state index contributed by atoms with van der Waals surface area (Å²) in [6.07, 6.45) is 4.97. The third-order valence-corrected chi connectivity index (χ3v) is 4.42. The molecule has 1 heterocycles. The van der Waals surface area contributed by atoms with Crippen molar-refractivity contribution in [3.63, 3.8) is 0 Å². The highest BCUT2D eigenvalue weighted by atomic mass is 35.5. The van der Waals surface area contributed by atoms with Crippen molar-refractivity contribution in [3.05, 3.63) is 28.8 Å². The molecule has 0 bridgehead atoms. The van der Waals surface area contributed by atoms with E-state index in [9.17, 15) is 9.90 Å². The van der Waals surface area contributed by atoms with Crippen LogP contribution in [0.5, 0.6) is 5.75 Å². The van der Waals surface area contributed by atoms with Gasteiger partial charge >= 0.3 is 5.97 Å². The van der Waals surface area contributed by atoms with Crippen LogP contribution in [0.25, 0.3) is 0 Å². The number of benzene rings is 1. The van der Waals surface area contributed by atoms with Gasteiger partial charge in [-0.1, -0.05) is 11.6 Å². The first-order chi connectivity index (χ1) is 9.58. The number of aromatic carboxylic acids is 1. The summed E-state index contributed by atoms with van der Waals surface area (Å²) in [5, 5.41) is 9.68. The van der Waals surface area contributed by atoms with E-state index in [4.69, 9.17) is 21.1 Å². The van der Waals surface area contributed by atoms with Gasteiger partial charge in [0.05, 0.1) is 12.2 Å². The fourth-order valence-corrected chi connectivity index (χ4v) is 3.11. The predicted molar refractivity (Wildman–Crippen MR) is 74.6 cm³/mol. The Kier molecular flexibility index (Phi) is 3.61. The third-order valence-electron chi connectivity index (χ3n) is 4.18. The minimum Gasteiger partial charge on any atom is -0.489 e. The molecule has 1 N–H and O–H groups in total. The zero-order valence-corrected chi connectivity index (χ0v) is 11.9. The number of rotatable bonds is 3. The summed E-state index contributed by atoms with van der Waals surface area (Å²) in [5.74, 6) is -0.645. The van der Waals surface area contributed by atoms with E-state index in [1.807, 2.05) is 0 Å². The second-order valence-corrected chi connectivity index (χ2v) is 6.00. The third kappa shape index (κ3) is 2.63. The van der Waals surface area contributed by atoms with Gasteiger partial charge in [-0.25, -0.2) is 4.79 Å². The highest BCUT2D eigenvalue weighted by Gasteiger charge is 2.43. The molecule has 1 aliphatic heterocycles. The summed E-state index contributed by atoms with van der Waals surface area (Å²) in [6, 6.07) is 4.63. The van der Waals surface area contributed by atoms with Crippen molar-refractivity contribution in [1.29, 1.82) is 0 Å².